The van der Waals surface area contributed by atoms with Crippen LogP contribution in [0.1, 0.15) is 11.1 Å². The number of nitrogens with zero attached hydrogens (tertiary/aromatic N) is 1. The number of carbonyl (C=O) groups is 1. The van der Waals surface area contributed by atoms with Gasteiger partial charge in [0.05, 0.1) is 0 Å². The van der Waals surface area contributed by atoms with Gasteiger partial charge in [-0.25, -0.2) is 0 Å². The highest BCUT2D eigenvalue weighted by Gasteiger charge is 1.98. The number of phenols is 1. The molecule has 1 aromatic carbocycles. The van der Waals surface area contributed by atoms with Crippen LogP contribution in [0.5, 0.6) is 5.75 Å². The molecule has 4 heteroatoms. The first-order chi connectivity index (χ1) is 9.25. The number of carbonyl (C=O) groups excluding carboxylic acids is 1. The maximum absolute atomic E-state index is 11.6. The van der Waals surface area contributed by atoms with Gasteiger partial charge in [-0.05, 0) is 29.8 Å². The first-order valence-corrected chi connectivity index (χ1v) is 5.88. The Morgan fingerprint density at radius 2 is 1.95 bits per heavy atom. The molecule has 0 radical (unpaired) electrons. The van der Waals surface area contributed by atoms with Crippen LogP contribution in [0.15, 0.2) is 54.9 Å². The van der Waals surface area contributed by atoms with E-state index < -0.39 is 0 Å². The van der Waals surface area contributed by atoms with Crippen molar-refractivity contribution in [1.82, 2.24) is 10.3 Å². The zero-order chi connectivity index (χ0) is 13.5. The van der Waals surface area contributed by atoms with E-state index in [1.165, 1.54) is 6.08 Å². The highest BCUT2D eigenvalue weighted by molar-refractivity contribution is 5.92. The van der Waals surface area contributed by atoms with Gasteiger partial charge in [-0.15, -0.1) is 0 Å². The first kappa shape index (κ1) is 12.8. The number of phenolic OH excluding ortho intramolecular Hbond substituents is 1. The van der Waals surface area contributed by atoms with Crippen molar-refractivity contribution >= 4 is 12.0 Å². The summed E-state index contributed by atoms with van der Waals surface area (Å²) in [5, 5.41) is 12.3. The fourth-order valence-electron chi connectivity index (χ4n) is 1.54. The lowest BCUT2D eigenvalue weighted by molar-refractivity contribution is -0.116. The van der Waals surface area contributed by atoms with E-state index in [4.69, 9.17) is 0 Å². The van der Waals surface area contributed by atoms with Gasteiger partial charge in [0.15, 0.2) is 0 Å². The number of hydrogen-bond acceptors (Lipinski definition) is 3. The van der Waals surface area contributed by atoms with Crippen LogP contribution in [0.25, 0.3) is 6.08 Å². The molecule has 2 rings (SSSR count). The molecule has 0 saturated heterocycles. The summed E-state index contributed by atoms with van der Waals surface area (Å²) in [6, 6.07) is 10.5. The van der Waals surface area contributed by atoms with E-state index >= 15 is 0 Å². The van der Waals surface area contributed by atoms with E-state index in [-0.39, 0.29) is 11.7 Å². The SMILES string of the molecule is O=C(/C=C/c1ccccc1O)NCc1ccncc1. The molecule has 0 aliphatic heterocycles. The Morgan fingerprint density at radius 3 is 2.68 bits per heavy atom. The summed E-state index contributed by atoms with van der Waals surface area (Å²) in [6.07, 6.45) is 6.34. The molecule has 1 aromatic heterocycles. The summed E-state index contributed by atoms with van der Waals surface area (Å²) in [6.45, 7) is 0.451. The predicted octanol–water partition coefficient (Wildman–Crippen LogP) is 2.12. The maximum Gasteiger partial charge on any atom is 0.244 e. The van der Waals surface area contributed by atoms with Gasteiger partial charge in [-0.1, -0.05) is 18.2 Å². The molecule has 0 bridgehead atoms. The Labute approximate surface area is 111 Å². The second-order valence-corrected chi connectivity index (χ2v) is 3.97. The van der Waals surface area contributed by atoms with Crippen molar-refractivity contribution in [3.63, 3.8) is 0 Å². The molecule has 4 nitrogen and oxygen atoms in total. The van der Waals surface area contributed by atoms with Crippen LogP contribution in [0.4, 0.5) is 0 Å². The van der Waals surface area contributed by atoms with Crippen molar-refractivity contribution < 1.29 is 9.90 Å². The van der Waals surface area contributed by atoms with Crippen LogP contribution in [0.2, 0.25) is 0 Å². The Hall–Kier alpha value is -2.62. The average Bonchev–Trinajstić information content (AvgIpc) is 2.45. The molecule has 2 N–H and O–H groups in total. The van der Waals surface area contributed by atoms with Crippen molar-refractivity contribution in [2.45, 2.75) is 6.54 Å². The number of rotatable bonds is 4. The molecule has 0 spiro atoms. The van der Waals surface area contributed by atoms with E-state index in [0.29, 0.717) is 12.1 Å². The highest BCUT2D eigenvalue weighted by Crippen LogP contribution is 2.16. The van der Waals surface area contributed by atoms with Crippen molar-refractivity contribution in [2.24, 2.45) is 0 Å². The van der Waals surface area contributed by atoms with Crippen LogP contribution in [-0.4, -0.2) is 16.0 Å². The highest BCUT2D eigenvalue weighted by atomic mass is 16.3. The Balaban J connectivity index is 1.90. The van der Waals surface area contributed by atoms with Crippen molar-refractivity contribution in [3.05, 3.63) is 66.0 Å². The van der Waals surface area contributed by atoms with Crippen molar-refractivity contribution in [3.8, 4) is 5.75 Å². The molecule has 0 atom stereocenters. The number of aromatic nitrogens is 1. The molecule has 0 saturated carbocycles. The monoisotopic (exact) mass is 254 g/mol. The topological polar surface area (TPSA) is 62.2 Å². The van der Waals surface area contributed by atoms with Gasteiger partial charge in [0, 0.05) is 30.6 Å². The summed E-state index contributed by atoms with van der Waals surface area (Å²) >= 11 is 0. The third kappa shape index (κ3) is 3.96. The first-order valence-electron chi connectivity index (χ1n) is 5.88. The smallest absolute Gasteiger partial charge is 0.244 e. The second kappa shape index (κ2) is 6.35. The Bertz CT molecular complexity index is 580. The summed E-state index contributed by atoms with van der Waals surface area (Å²) in [4.78, 5) is 15.5. The maximum atomic E-state index is 11.6. The van der Waals surface area contributed by atoms with Gasteiger partial charge >= 0.3 is 0 Å². The van der Waals surface area contributed by atoms with Crippen LogP contribution < -0.4 is 5.32 Å². The molecular weight excluding hydrogens is 240 g/mol. The normalized spacial score (nSPS) is 10.5. The average molecular weight is 254 g/mol. The lowest BCUT2D eigenvalue weighted by Gasteiger charge is -2.02. The minimum atomic E-state index is -0.208. The molecule has 1 amide bonds. The predicted molar refractivity (Wildman–Crippen MR) is 73.2 cm³/mol. The summed E-state index contributed by atoms with van der Waals surface area (Å²) in [7, 11) is 0. The van der Waals surface area contributed by atoms with Gasteiger partial charge < -0.3 is 10.4 Å². The number of nitrogens with one attached hydrogen (secondary N) is 1. The standard InChI is InChI=1S/C15H14N2O2/c18-14-4-2-1-3-13(14)5-6-15(19)17-11-12-7-9-16-10-8-12/h1-10,18H,11H2,(H,17,19)/b6-5+. The molecule has 2 aromatic rings. The van der Waals surface area contributed by atoms with Crippen molar-refractivity contribution in [2.75, 3.05) is 0 Å². The largest absolute Gasteiger partial charge is 0.507 e. The zero-order valence-corrected chi connectivity index (χ0v) is 10.3. The van der Waals surface area contributed by atoms with Gasteiger partial charge in [-0.2, -0.15) is 0 Å². The zero-order valence-electron chi connectivity index (χ0n) is 10.3. The summed E-state index contributed by atoms with van der Waals surface area (Å²) < 4.78 is 0. The summed E-state index contributed by atoms with van der Waals surface area (Å²) in [5.74, 6) is -0.0549. The molecule has 0 unspecified atom stereocenters. The number of pyridine rings is 1. The van der Waals surface area contributed by atoms with Crippen LogP contribution in [-0.2, 0) is 11.3 Å². The molecule has 0 fully saturated rings. The molecule has 96 valence electrons. The number of hydrogen-bond donors (Lipinski definition) is 2. The lowest BCUT2D eigenvalue weighted by Crippen LogP contribution is -2.20. The minimum absolute atomic E-state index is 0.153. The lowest BCUT2D eigenvalue weighted by atomic mass is 10.2. The molecule has 0 aliphatic carbocycles. The quantitative estimate of drug-likeness (QED) is 0.821. The molecular formula is C15H14N2O2. The van der Waals surface area contributed by atoms with Gasteiger partial charge in [-0.3, -0.25) is 9.78 Å². The molecule has 1 heterocycles. The third-order valence-electron chi connectivity index (χ3n) is 2.57. The summed E-state index contributed by atoms with van der Waals surface area (Å²) in [5.41, 5.74) is 1.60. The fraction of sp³-hybridized carbons (Fsp3) is 0.0667. The molecule has 0 aliphatic rings. The van der Waals surface area contributed by atoms with E-state index in [0.717, 1.165) is 5.56 Å². The third-order valence-corrected chi connectivity index (χ3v) is 2.57. The molecule has 19 heavy (non-hydrogen) atoms. The van der Waals surface area contributed by atoms with Gasteiger partial charge in [0.25, 0.3) is 0 Å². The van der Waals surface area contributed by atoms with Gasteiger partial charge in [0.1, 0.15) is 5.75 Å². The van der Waals surface area contributed by atoms with Crippen LogP contribution >= 0.6 is 0 Å². The van der Waals surface area contributed by atoms with E-state index in [1.54, 1.807) is 42.7 Å². The van der Waals surface area contributed by atoms with Crippen LogP contribution in [0.3, 0.4) is 0 Å². The second-order valence-electron chi connectivity index (χ2n) is 3.97. The minimum Gasteiger partial charge on any atom is -0.507 e. The number of amides is 1. The van der Waals surface area contributed by atoms with Crippen molar-refractivity contribution in [1.29, 1.82) is 0 Å². The Morgan fingerprint density at radius 1 is 1.21 bits per heavy atom. The van der Waals surface area contributed by atoms with Crippen LogP contribution in [0, 0.1) is 0 Å². The van der Waals surface area contributed by atoms with Gasteiger partial charge in [0.2, 0.25) is 5.91 Å². The number of benzene rings is 1. The number of para-hydroxylation sites is 1. The number of aromatic hydroxyl groups is 1. The fourth-order valence-corrected chi connectivity index (χ4v) is 1.54. The van der Waals surface area contributed by atoms with E-state index in [9.17, 15) is 9.90 Å². The Kier molecular flexibility index (Phi) is 4.29. The van der Waals surface area contributed by atoms with E-state index in [1.807, 2.05) is 12.1 Å². The van der Waals surface area contributed by atoms with E-state index in [2.05, 4.69) is 10.3 Å².